The number of carbonyl (C=O) groups excluding carboxylic acids is 2. The number of rotatable bonds is 6. The molecule has 1 aromatic rings. The third-order valence-corrected chi connectivity index (χ3v) is 3.86. The molecule has 2 unspecified atom stereocenters. The molecule has 0 spiro atoms. The van der Waals surface area contributed by atoms with Crippen LogP contribution >= 0.6 is 0 Å². The van der Waals surface area contributed by atoms with Crippen LogP contribution in [0.25, 0.3) is 0 Å². The first-order chi connectivity index (χ1) is 10.8. The maximum Gasteiger partial charge on any atom is 0.307 e. The summed E-state index contributed by atoms with van der Waals surface area (Å²) >= 11 is 0. The topological polar surface area (TPSA) is 95.5 Å². The zero-order chi connectivity index (χ0) is 17.1. The van der Waals surface area contributed by atoms with Gasteiger partial charge >= 0.3 is 5.97 Å². The van der Waals surface area contributed by atoms with Gasteiger partial charge in [0.2, 0.25) is 5.91 Å². The number of hydrogen-bond donors (Lipinski definition) is 3. The molecule has 2 rings (SSSR count). The van der Waals surface area contributed by atoms with Gasteiger partial charge in [0.05, 0.1) is 11.8 Å². The van der Waals surface area contributed by atoms with Crippen molar-refractivity contribution in [2.24, 2.45) is 17.8 Å². The third-order valence-electron chi connectivity index (χ3n) is 3.86. The molecule has 0 aromatic heterocycles. The van der Waals surface area contributed by atoms with Crippen molar-refractivity contribution >= 4 is 23.5 Å². The number of hydrogen-bond acceptors (Lipinski definition) is 3. The number of anilines is 1. The van der Waals surface area contributed by atoms with Crippen LogP contribution in [0.4, 0.5) is 5.69 Å². The molecule has 124 valence electrons. The first-order valence-corrected chi connectivity index (χ1v) is 7.72. The molecule has 1 saturated carbocycles. The van der Waals surface area contributed by atoms with Crippen LogP contribution in [0, 0.1) is 24.7 Å². The molecule has 6 heteroatoms. The molecule has 0 radical (unpaired) electrons. The highest BCUT2D eigenvalue weighted by molar-refractivity contribution is 6.00. The average molecular weight is 318 g/mol. The molecule has 1 aromatic carbocycles. The van der Waals surface area contributed by atoms with Gasteiger partial charge in [0.25, 0.3) is 5.91 Å². The Kier molecular flexibility index (Phi) is 5.03. The summed E-state index contributed by atoms with van der Waals surface area (Å²) in [5.41, 5.74) is 1.91. The summed E-state index contributed by atoms with van der Waals surface area (Å²) in [6.07, 6.45) is 0.385. The minimum atomic E-state index is -0.931. The molecule has 1 aliphatic carbocycles. The Morgan fingerprint density at radius 3 is 2.48 bits per heavy atom. The van der Waals surface area contributed by atoms with Gasteiger partial charge in [-0.3, -0.25) is 14.4 Å². The highest BCUT2D eigenvalue weighted by Gasteiger charge is 2.48. The summed E-state index contributed by atoms with van der Waals surface area (Å²) in [7, 11) is 0. The number of carboxylic acid groups (broad SMARTS) is 1. The van der Waals surface area contributed by atoms with Crippen molar-refractivity contribution in [1.82, 2.24) is 5.32 Å². The Balaban J connectivity index is 1.98. The number of amides is 2. The second-order valence-electron chi connectivity index (χ2n) is 6.41. The minimum Gasteiger partial charge on any atom is -0.481 e. The van der Waals surface area contributed by atoms with E-state index < -0.39 is 17.8 Å². The number of carboxylic acids is 1. The van der Waals surface area contributed by atoms with E-state index in [4.69, 9.17) is 5.11 Å². The van der Waals surface area contributed by atoms with E-state index in [9.17, 15) is 14.4 Å². The van der Waals surface area contributed by atoms with E-state index in [2.05, 4.69) is 10.6 Å². The number of aryl methyl sites for hydroxylation is 1. The Bertz CT molecular complexity index is 639. The summed E-state index contributed by atoms with van der Waals surface area (Å²) in [5.74, 6) is -2.01. The van der Waals surface area contributed by atoms with Crippen molar-refractivity contribution < 1.29 is 19.5 Å². The van der Waals surface area contributed by atoms with Crippen LogP contribution in [0.1, 0.15) is 36.2 Å². The van der Waals surface area contributed by atoms with Crippen LogP contribution in [0.5, 0.6) is 0 Å². The Labute approximate surface area is 135 Å². The van der Waals surface area contributed by atoms with Gasteiger partial charge in [-0.05, 0) is 43.0 Å². The van der Waals surface area contributed by atoms with E-state index in [0.29, 0.717) is 30.1 Å². The van der Waals surface area contributed by atoms with Crippen LogP contribution in [-0.4, -0.2) is 29.4 Å². The number of aliphatic carboxylic acids is 1. The molecular weight excluding hydrogens is 296 g/mol. The molecule has 2 amide bonds. The molecule has 23 heavy (non-hydrogen) atoms. The fourth-order valence-electron chi connectivity index (χ4n) is 2.33. The predicted octanol–water partition coefficient (Wildman–Crippen LogP) is 2.04. The molecule has 3 N–H and O–H groups in total. The minimum absolute atomic E-state index is 0.146. The van der Waals surface area contributed by atoms with Gasteiger partial charge in [-0.15, -0.1) is 0 Å². The zero-order valence-electron chi connectivity index (χ0n) is 13.6. The molecule has 2 atom stereocenters. The van der Waals surface area contributed by atoms with E-state index in [1.807, 2.05) is 13.8 Å². The van der Waals surface area contributed by atoms with Crippen molar-refractivity contribution in [3.8, 4) is 0 Å². The fourth-order valence-corrected chi connectivity index (χ4v) is 2.33. The highest BCUT2D eigenvalue weighted by Crippen LogP contribution is 2.39. The van der Waals surface area contributed by atoms with Gasteiger partial charge in [-0.1, -0.05) is 13.8 Å². The normalized spacial score (nSPS) is 19.3. The first kappa shape index (κ1) is 17.0. The van der Waals surface area contributed by atoms with E-state index in [-0.39, 0.29) is 11.8 Å². The number of benzene rings is 1. The van der Waals surface area contributed by atoms with E-state index >= 15 is 0 Å². The van der Waals surface area contributed by atoms with Crippen molar-refractivity contribution in [3.05, 3.63) is 29.3 Å². The van der Waals surface area contributed by atoms with Crippen LogP contribution in [0.3, 0.4) is 0 Å². The molecule has 0 aliphatic heterocycles. The monoisotopic (exact) mass is 318 g/mol. The largest absolute Gasteiger partial charge is 0.481 e. The summed E-state index contributed by atoms with van der Waals surface area (Å²) in [6.45, 7) is 6.45. The molecule has 1 fully saturated rings. The Morgan fingerprint density at radius 1 is 1.26 bits per heavy atom. The summed E-state index contributed by atoms with van der Waals surface area (Å²) in [5, 5.41) is 14.4. The second-order valence-corrected chi connectivity index (χ2v) is 6.41. The lowest BCUT2D eigenvalue weighted by Gasteiger charge is -2.11. The Morgan fingerprint density at radius 2 is 1.96 bits per heavy atom. The first-order valence-electron chi connectivity index (χ1n) is 7.72. The average Bonchev–Trinajstić information content (AvgIpc) is 3.27. The van der Waals surface area contributed by atoms with Crippen molar-refractivity contribution in [1.29, 1.82) is 0 Å². The van der Waals surface area contributed by atoms with Crippen molar-refractivity contribution in [3.63, 3.8) is 0 Å². The SMILES string of the molecule is Cc1cc(C(=O)NCC(C)C)ccc1NC(=O)C1CC1C(=O)O. The van der Waals surface area contributed by atoms with Crippen LogP contribution < -0.4 is 10.6 Å². The zero-order valence-corrected chi connectivity index (χ0v) is 13.6. The molecule has 0 bridgehead atoms. The molecule has 0 heterocycles. The quantitative estimate of drug-likeness (QED) is 0.748. The van der Waals surface area contributed by atoms with E-state index in [1.54, 1.807) is 25.1 Å². The molecule has 0 saturated heterocycles. The van der Waals surface area contributed by atoms with Gasteiger partial charge in [-0.25, -0.2) is 0 Å². The molecule has 1 aliphatic rings. The van der Waals surface area contributed by atoms with Gasteiger partial charge in [0.1, 0.15) is 0 Å². The van der Waals surface area contributed by atoms with E-state index in [1.165, 1.54) is 0 Å². The summed E-state index contributed by atoms with van der Waals surface area (Å²) in [6, 6.07) is 5.04. The van der Waals surface area contributed by atoms with Crippen LogP contribution in [0.2, 0.25) is 0 Å². The van der Waals surface area contributed by atoms with Gasteiger partial charge in [-0.2, -0.15) is 0 Å². The standard InChI is InChI=1S/C17H22N2O4/c1-9(2)8-18-15(20)11-4-5-14(10(3)6-11)19-16(21)12-7-13(12)17(22)23/h4-6,9,12-13H,7-8H2,1-3H3,(H,18,20)(H,19,21)(H,22,23). The van der Waals surface area contributed by atoms with Gasteiger partial charge in [0, 0.05) is 17.8 Å². The predicted molar refractivity (Wildman–Crippen MR) is 86.2 cm³/mol. The Hall–Kier alpha value is -2.37. The lowest BCUT2D eigenvalue weighted by Crippen LogP contribution is -2.27. The smallest absolute Gasteiger partial charge is 0.307 e. The maximum absolute atomic E-state index is 12.0. The number of carbonyl (C=O) groups is 3. The molecular formula is C17H22N2O4. The van der Waals surface area contributed by atoms with Gasteiger partial charge < -0.3 is 15.7 Å². The number of nitrogens with one attached hydrogen (secondary N) is 2. The second kappa shape index (κ2) is 6.81. The lowest BCUT2D eigenvalue weighted by atomic mass is 10.1. The molecule has 6 nitrogen and oxygen atoms in total. The van der Waals surface area contributed by atoms with Crippen LogP contribution in [-0.2, 0) is 9.59 Å². The van der Waals surface area contributed by atoms with Gasteiger partial charge in [0.15, 0.2) is 0 Å². The lowest BCUT2D eigenvalue weighted by molar-refractivity contribution is -0.139. The van der Waals surface area contributed by atoms with Crippen molar-refractivity contribution in [2.45, 2.75) is 27.2 Å². The summed E-state index contributed by atoms with van der Waals surface area (Å²) < 4.78 is 0. The summed E-state index contributed by atoms with van der Waals surface area (Å²) in [4.78, 5) is 34.8. The fraction of sp³-hybridized carbons (Fsp3) is 0.471. The highest BCUT2D eigenvalue weighted by atomic mass is 16.4. The van der Waals surface area contributed by atoms with Crippen LogP contribution in [0.15, 0.2) is 18.2 Å². The maximum atomic E-state index is 12.0. The van der Waals surface area contributed by atoms with E-state index in [0.717, 1.165) is 5.56 Å². The van der Waals surface area contributed by atoms with Crippen molar-refractivity contribution in [2.75, 3.05) is 11.9 Å². The third kappa shape index (κ3) is 4.31.